The number of nitrogens with zero attached hydrogens (tertiary/aromatic N) is 3. The monoisotopic (exact) mass is 1070 g/mol. The van der Waals surface area contributed by atoms with E-state index in [1.807, 2.05) is 106 Å². The number of furan rings is 1. The van der Waals surface area contributed by atoms with Crippen molar-refractivity contribution < 1.29 is 31.4 Å². The summed E-state index contributed by atoms with van der Waals surface area (Å²) in [5, 5.41) is 1.35. The standard InChI is InChI=1S/C38H33N2O.C19H26GeN.Ir/c1-23(2)30-21-27(26-13-7-6-8-14-26)22-31(24(3)4)36(30)40-33-17-11-10-16-32(33)39-38(40)29-20-19-25(5)35-28-15-9-12-18-34(28)41-37(29)35;1-19(2,3)13-16-12-18(15-10-8-7-9-11-15)21-14-17(16)20(4,5)6;/h6-19,21-24H,1-5H3;7-10,12,14H,13H2,1-6H3;/q2*-1;/i5D3;13D2;. The van der Waals surface area contributed by atoms with Crippen molar-refractivity contribution in [1.29, 1.82) is 0 Å². The van der Waals surface area contributed by atoms with Crippen LogP contribution in [0.1, 0.15) is 89.4 Å². The Labute approximate surface area is 398 Å². The van der Waals surface area contributed by atoms with E-state index in [1.54, 1.807) is 6.07 Å². The third-order valence-electron chi connectivity index (χ3n) is 11.2. The number of hydrogen-bond acceptors (Lipinski definition) is 3. The summed E-state index contributed by atoms with van der Waals surface area (Å²) in [5.74, 6) is 7.96. The van der Waals surface area contributed by atoms with Gasteiger partial charge in [0.05, 0.1) is 22.4 Å². The average molecular weight is 1070 g/mol. The van der Waals surface area contributed by atoms with Crippen LogP contribution in [0.2, 0.25) is 17.3 Å². The van der Waals surface area contributed by atoms with Gasteiger partial charge in [0.1, 0.15) is 5.58 Å². The number of pyridine rings is 1. The SMILES string of the molecule is [2H]C([2H])([2H])c1c[c-]c(-c2nc3ccccc3n2-c2c(C(C)C)cc(-c3ccccc3)cc2C(C)C)c2oc3ccccc3c12.[2H]C([2H])(c1cc(-c2[c-]cccc2)nc[c]1[Ge]([CH3])([CH3])[CH3])C(C)(C)C.[Ir]. The fraction of sp³-hybridized carbons (Fsp3) is 0.263. The van der Waals surface area contributed by atoms with Crippen LogP contribution in [0.4, 0.5) is 0 Å². The van der Waals surface area contributed by atoms with Gasteiger partial charge in [-0.2, -0.15) is 0 Å². The van der Waals surface area contributed by atoms with E-state index in [1.165, 1.54) is 22.3 Å². The van der Waals surface area contributed by atoms with Crippen molar-refractivity contribution in [3.63, 3.8) is 0 Å². The van der Waals surface area contributed by atoms with Gasteiger partial charge < -0.3 is 8.98 Å². The molecule has 6 heteroatoms. The number of rotatable bonds is 8. The van der Waals surface area contributed by atoms with Crippen LogP contribution in [0, 0.1) is 24.4 Å². The van der Waals surface area contributed by atoms with E-state index in [0.717, 1.165) is 43.3 Å². The Morgan fingerprint density at radius 1 is 0.794 bits per heavy atom. The predicted octanol–water partition coefficient (Wildman–Crippen LogP) is 15.3. The minimum Gasteiger partial charge on any atom is 0 e. The molecule has 0 amide bonds. The second-order valence-electron chi connectivity index (χ2n) is 18.8. The Kier molecular flexibility index (Phi) is 11.6. The zero-order valence-electron chi connectivity index (χ0n) is 42.9. The van der Waals surface area contributed by atoms with Gasteiger partial charge in [0.2, 0.25) is 0 Å². The molecule has 0 spiro atoms. The van der Waals surface area contributed by atoms with E-state index < -0.39 is 31.9 Å². The number of aromatic nitrogens is 3. The third kappa shape index (κ3) is 9.58. The van der Waals surface area contributed by atoms with Crippen LogP contribution in [0.3, 0.4) is 0 Å². The summed E-state index contributed by atoms with van der Waals surface area (Å²) in [6, 6.07) is 48.6. The molecule has 6 aromatic carbocycles. The smallest absolute Gasteiger partial charge is 0 e. The van der Waals surface area contributed by atoms with Crippen molar-refractivity contribution in [3.05, 3.63) is 168 Å². The van der Waals surface area contributed by atoms with Gasteiger partial charge in [-0.25, -0.2) is 0 Å². The minimum absolute atomic E-state index is 0. The Balaban J connectivity index is 0.000000242. The molecular formula is C57H59GeIrN3O-2. The van der Waals surface area contributed by atoms with Crippen LogP contribution in [-0.2, 0) is 26.5 Å². The first-order valence-electron chi connectivity index (χ1n) is 24.1. The summed E-state index contributed by atoms with van der Waals surface area (Å²) in [5.41, 5.74) is 11.7. The molecule has 0 saturated heterocycles. The van der Waals surface area contributed by atoms with E-state index in [4.69, 9.17) is 16.3 Å². The quantitative estimate of drug-likeness (QED) is 0.112. The fourth-order valence-corrected chi connectivity index (χ4v) is 11.2. The molecule has 0 atom stereocenters. The Hall–Kier alpha value is -5.07. The number of imidazole rings is 1. The second-order valence-corrected chi connectivity index (χ2v) is 29.4. The third-order valence-corrected chi connectivity index (χ3v) is 15.4. The number of fused-ring (bicyclic) bond motifs is 4. The van der Waals surface area contributed by atoms with Crippen LogP contribution < -0.4 is 4.40 Å². The van der Waals surface area contributed by atoms with Gasteiger partial charge in [0, 0.05) is 35.3 Å². The Morgan fingerprint density at radius 2 is 1.46 bits per heavy atom. The molecule has 0 saturated carbocycles. The number of aryl methyl sites for hydroxylation is 1. The summed E-state index contributed by atoms with van der Waals surface area (Å²) in [6.07, 6.45) is 0.502. The van der Waals surface area contributed by atoms with E-state index in [2.05, 4.69) is 109 Å². The normalized spacial score (nSPS) is 13.6. The molecule has 0 aliphatic rings. The Bertz CT molecular complexity index is 3210. The number of hydrogen-bond donors (Lipinski definition) is 0. The first-order chi connectivity index (χ1) is 31.6. The molecule has 0 aliphatic heterocycles. The molecule has 9 rings (SSSR count). The van der Waals surface area contributed by atoms with Gasteiger partial charge in [0.15, 0.2) is 0 Å². The summed E-state index contributed by atoms with van der Waals surface area (Å²) in [4.78, 5) is 9.80. The number of benzene rings is 6. The first-order valence-corrected chi connectivity index (χ1v) is 29.0. The number of para-hydroxylation sites is 3. The van der Waals surface area contributed by atoms with Crippen molar-refractivity contribution in [2.24, 2.45) is 5.41 Å². The van der Waals surface area contributed by atoms with E-state index in [9.17, 15) is 0 Å². The van der Waals surface area contributed by atoms with Crippen LogP contribution >= 0.6 is 0 Å². The van der Waals surface area contributed by atoms with Crippen LogP contribution in [0.15, 0.2) is 138 Å². The van der Waals surface area contributed by atoms with Gasteiger partial charge in [-0.3, -0.25) is 4.98 Å². The van der Waals surface area contributed by atoms with Gasteiger partial charge >= 0.3 is 135 Å². The molecule has 0 fully saturated rings. The zero-order chi connectivity index (χ0) is 48.2. The van der Waals surface area contributed by atoms with Crippen molar-refractivity contribution in [3.8, 4) is 39.5 Å². The first kappa shape index (κ1) is 39.5. The predicted molar refractivity (Wildman–Crippen MR) is 266 cm³/mol. The maximum absolute atomic E-state index is 8.76. The largest absolute Gasteiger partial charge is 0 e. The van der Waals surface area contributed by atoms with Gasteiger partial charge in [-0.15, -0.1) is 17.7 Å². The van der Waals surface area contributed by atoms with Crippen molar-refractivity contribution >= 4 is 50.6 Å². The summed E-state index contributed by atoms with van der Waals surface area (Å²) in [6.45, 7) is 12.5. The molecule has 0 aliphatic carbocycles. The van der Waals surface area contributed by atoms with E-state index >= 15 is 0 Å². The minimum atomic E-state index is -2.33. The molecule has 0 N–H and O–H groups in total. The van der Waals surface area contributed by atoms with Gasteiger partial charge in [-0.1, -0.05) is 106 Å². The van der Waals surface area contributed by atoms with Crippen molar-refractivity contribution in [1.82, 2.24) is 14.5 Å². The Morgan fingerprint density at radius 3 is 2.11 bits per heavy atom. The maximum Gasteiger partial charge on any atom is 0 e. The van der Waals surface area contributed by atoms with E-state index in [0.29, 0.717) is 27.9 Å². The second kappa shape index (κ2) is 18.6. The maximum atomic E-state index is 8.76. The molecule has 3 aromatic heterocycles. The summed E-state index contributed by atoms with van der Waals surface area (Å²) >= 11 is -2.24. The fourth-order valence-electron chi connectivity index (χ4n) is 8.23. The van der Waals surface area contributed by atoms with Gasteiger partial charge in [0.25, 0.3) is 0 Å². The molecule has 0 unspecified atom stereocenters. The molecule has 3 heterocycles. The van der Waals surface area contributed by atoms with Crippen LogP contribution in [0.25, 0.3) is 72.4 Å². The van der Waals surface area contributed by atoms with E-state index in [-0.39, 0.29) is 37.5 Å². The summed E-state index contributed by atoms with van der Waals surface area (Å²) in [7, 11) is 0. The molecule has 4 nitrogen and oxygen atoms in total. The molecule has 1 radical (unpaired) electrons. The van der Waals surface area contributed by atoms with Crippen molar-refractivity contribution in [2.45, 2.75) is 90.8 Å². The van der Waals surface area contributed by atoms with Gasteiger partial charge in [-0.05, 0) is 64.4 Å². The molecular weight excluding hydrogens is 1010 g/mol. The topological polar surface area (TPSA) is 43.9 Å². The average Bonchev–Trinajstić information content (AvgIpc) is 3.87. The van der Waals surface area contributed by atoms with Crippen LogP contribution in [0.5, 0.6) is 0 Å². The molecule has 0 bridgehead atoms. The van der Waals surface area contributed by atoms with Crippen LogP contribution in [-0.4, -0.2) is 27.8 Å². The van der Waals surface area contributed by atoms with Crippen molar-refractivity contribution in [2.75, 3.05) is 0 Å². The molecule has 9 aromatic rings. The summed E-state index contributed by atoms with van der Waals surface area (Å²) < 4.78 is 52.3. The zero-order valence-corrected chi connectivity index (χ0v) is 42.4. The molecule has 63 heavy (non-hydrogen) atoms. The molecule has 323 valence electrons.